The lowest BCUT2D eigenvalue weighted by atomic mass is 9.97. The Bertz CT molecular complexity index is 1030. The van der Waals surface area contributed by atoms with Gasteiger partial charge in [0.05, 0.1) is 23.4 Å². The molecule has 33 heavy (non-hydrogen) atoms. The second kappa shape index (κ2) is 11.9. The average molecular weight is 511 g/mol. The summed E-state index contributed by atoms with van der Waals surface area (Å²) in [7, 11) is 3.03. The molecule has 0 aliphatic heterocycles. The minimum Gasteiger partial charge on any atom is -0.465 e. The lowest BCUT2D eigenvalue weighted by molar-refractivity contribution is 0.0601. The van der Waals surface area contributed by atoms with Crippen molar-refractivity contribution in [3.8, 4) is 0 Å². The molecule has 2 aromatic rings. The zero-order valence-electron chi connectivity index (χ0n) is 19.4. The van der Waals surface area contributed by atoms with Crippen molar-refractivity contribution in [2.45, 2.75) is 71.1 Å². The topological polar surface area (TPSA) is 85.2 Å². The smallest absolute Gasteiger partial charge is 0.341 e. The second-order valence-electron chi connectivity index (χ2n) is 8.31. The van der Waals surface area contributed by atoms with Crippen LogP contribution in [-0.4, -0.2) is 33.9 Å². The molecule has 1 amide bonds. The number of thiocarbonyl (C=S) groups is 1. The van der Waals surface area contributed by atoms with Gasteiger partial charge in [-0.1, -0.05) is 50.1 Å². The van der Waals surface area contributed by atoms with Crippen LogP contribution in [0.2, 0.25) is 5.02 Å². The first kappa shape index (κ1) is 25.6. The van der Waals surface area contributed by atoms with Gasteiger partial charge in [-0.15, -0.1) is 11.3 Å². The van der Waals surface area contributed by atoms with Crippen molar-refractivity contribution in [2.75, 3.05) is 12.4 Å². The predicted octanol–water partition coefficient (Wildman–Crippen LogP) is 5.58. The number of anilines is 1. The maximum Gasteiger partial charge on any atom is 0.341 e. The summed E-state index contributed by atoms with van der Waals surface area (Å²) in [6.45, 7) is 1.73. The third-order valence-electron chi connectivity index (χ3n) is 5.88. The van der Waals surface area contributed by atoms with Gasteiger partial charge in [-0.3, -0.25) is 14.8 Å². The molecular formula is C23H31ClN4O3S2. The van der Waals surface area contributed by atoms with Gasteiger partial charge in [0, 0.05) is 11.9 Å². The summed E-state index contributed by atoms with van der Waals surface area (Å²) in [5, 5.41) is 10.9. The molecule has 180 valence electrons. The third kappa shape index (κ3) is 6.33. The van der Waals surface area contributed by atoms with Gasteiger partial charge in [-0.2, -0.15) is 5.10 Å². The fraction of sp³-hybridized carbons (Fsp3) is 0.565. The number of thiophene rings is 1. The Kier molecular flexibility index (Phi) is 9.28. The van der Waals surface area contributed by atoms with E-state index in [0.29, 0.717) is 16.3 Å². The summed E-state index contributed by atoms with van der Waals surface area (Å²) < 4.78 is 6.53. The van der Waals surface area contributed by atoms with E-state index in [1.165, 1.54) is 60.1 Å². The molecule has 3 rings (SSSR count). The first-order valence-corrected chi connectivity index (χ1v) is 13.0. The molecule has 10 heteroatoms. The maximum atomic E-state index is 12.7. The quantitative estimate of drug-likeness (QED) is 0.414. The number of nitrogens with one attached hydrogen (secondary N) is 2. The molecule has 0 aromatic carbocycles. The first-order valence-electron chi connectivity index (χ1n) is 11.4. The number of hydrogen-bond donors (Lipinski definition) is 2. The first-order chi connectivity index (χ1) is 15.8. The zero-order chi connectivity index (χ0) is 24.0. The number of methoxy groups -OCH3 is 1. The number of ether oxygens (including phenoxy) is 1. The molecule has 2 N–H and O–H groups in total. The van der Waals surface area contributed by atoms with Crippen molar-refractivity contribution in [1.82, 2.24) is 15.1 Å². The van der Waals surface area contributed by atoms with Crippen molar-refractivity contribution >= 4 is 57.1 Å². The highest BCUT2D eigenvalue weighted by Gasteiger charge is 2.26. The van der Waals surface area contributed by atoms with Crippen LogP contribution in [0, 0.1) is 6.92 Å². The summed E-state index contributed by atoms with van der Waals surface area (Å²) in [4.78, 5) is 26.7. The number of fused-ring (bicyclic) bond motifs is 1. The number of esters is 1. The van der Waals surface area contributed by atoms with E-state index in [1.54, 1.807) is 14.0 Å². The molecule has 0 saturated carbocycles. The van der Waals surface area contributed by atoms with Crippen molar-refractivity contribution in [3.63, 3.8) is 0 Å². The standard InChI is InChI=1S/C23H31ClN4O3S2/c1-14-18(24)19(28(2)27-14)20(29)25-23(32)26-21-17(22(30)31-3)15-12-10-8-6-4-5-7-9-11-13-16(15)33-21/h4-13H2,1-3H3,(H2,25,26,29,32). The van der Waals surface area contributed by atoms with Crippen molar-refractivity contribution in [2.24, 2.45) is 7.05 Å². The van der Waals surface area contributed by atoms with Crippen LogP contribution >= 0.6 is 35.2 Å². The lowest BCUT2D eigenvalue weighted by Gasteiger charge is -2.11. The number of aryl methyl sites for hydroxylation is 3. The van der Waals surface area contributed by atoms with E-state index in [4.69, 9.17) is 28.6 Å². The summed E-state index contributed by atoms with van der Waals surface area (Å²) in [5.41, 5.74) is 2.37. The minimum absolute atomic E-state index is 0.0948. The number of nitrogens with zero attached hydrogens (tertiary/aromatic N) is 2. The molecule has 0 bridgehead atoms. The third-order valence-corrected chi connectivity index (χ3v) is 7.74. The summed E-state index contributed by atoms with van der Waals surface area (Å²) in [6.07, 6.45) is 11.3. The maximum absolute atomic E-state index is 12.7. The highest BCUT2D eigenvalue weighted by molar-refractivity contribution is 7.80. The number of carbonyl (C=O) groups excluding carboxylic acids is 2. The average Bonchev–Trinajstić information content (AvgIpc) is 3.22. The summed E-state index contributed by atoms with van der Waals surface area (Å²) >= 11 is 13.1. The number of halogens is 1. The lowest BCUT2D eigenvalue weighted by Crippen LogP contribution is -2.35. The fourth-order valence-electron chi connectivity index (χ4n) is 4.21. The highest BCUT2D eigenvalue weighted by atomic mass is 35.5. The molecule has 0 atom stereocenters. The Balaban J connectivity index is 1.83. The molecular weight excluding hydrogens is 480 g/mol. The number of amides is 1. The molecule has 0 fully saturated rings. The van der Waals surface area contributed by atoms with Crippen molar-refractivity contribution in [3.05, 3.63) is 32.4 Å². The Labute approximate surface area is 209 Å². The predicted molar refractivity (Wildman–Crippen MR) is 137 cm³/mol. The van der Waals surface area contributed by atoms with Crippen LogP contribution < -0.4 is 10.6 Å². The van der Waals surface area contributed by atoms with Gasteiger partial charge >= 0.3 is 5.97 Å². The van der Waals surface area contributed by atoms with Crippen LogP contribution in [0.3, 0.4) is 0 Å². The van der Waals surface area contributed by atoms with Crippen LogP contribution in [0.5, 0.6) is 0 Å². The zero-order valence-corrected chi connectivity index (χ0v) is 21.8. The summed E-state index contributed by atoms with van der Waals surface area (Å²) in [6, 6.07) is 0. The van der Waals surface area contributed by atoms with E-state index in [2.05, 4.69) is 15.7 Å². The number of hydrogen-bond acceptors (Lipinski definition) is 6. The monoisotopic (exact) mass is 510 g/mol. The van der Waals surface area contributed by atoms with Crippen LogP contribution in [0.4, 0.5) is 5.00 Å². The molecule has 0 unspecified atom stereocenters. The van der Waals surface area contributed by atoms with E-state index in [0.717, 1.165) is 37.7 Å². The number of rotatable bonds is 3. The molecule has 1 aliphatic carbocycles. The minimum atomic E-state index is -0.462. The molecule has 0 radical (unpaired) electrons. The van der Waals surface area contributed by atoms with Gasteiger partial charge in [0.1, 0.15) is 10.7 Å². The Morgan fingerprint density at radius 2 is 1.70 bits per heavy atom. The second-order valence-corrected chi connectivity index (χ2v) is 10.2. The number of aromatic nitrogens is 2. The largest absolute Gasteiger partial charge is 0.465 e. The van der Waals surface area contributed by atoms with Crippen LogP contribution in [-0.2, 0) is 24.6 Å². The molecule has 2 aromatic heterocycles. The van der Waals surface area contributed by atoms with Gasteiger partial charge in [-0.05, 0) is 50.4 Å². The van der Waals surface area contributed by atoms with E-state index in [9.17, 15) is 9.59 Å². The van der Waals surface area contributed by atoms with Crippen LogP contribution in [0.1, 0.15) is 88.3 Å². The van der Waals surface area contributed by atoms with Crippen LogP contribution in [0.25, 0.3) is 0 Å². The van der Waals surface area contributed by atoms with Gasteiger partial charge in [0.2, 0.25) is 0 Å². The summed E-state index contributed by atoms with van der Waals surface area (Å²) in [5.74, 6) is -0.850. The van der Waals surface area contributed by atoms with E-state index >= 15 is 0 Å². The number of carbonyl (C=O) groups is 2. The SMILES string of the molecule is COC(=O)c1c(NC(=S)NC(=O)c2c(Cl)c(C)nn2C)sc2c1CCCCCCCCCC2. The Morgan fingerprint density at radius 3 is 2.27 bits per heavy atom. The van der Waals surface area contributed by atoms with Crippen molar-refractivity contribution < 1.29 is 14.3 Å². The normalized spacial score (nSPS) is 15.0. The van der Waals surface area contributed by atoms with Gasteiger partial charge in [-0.25, -0.2) is 4.79 Å². The fourth-order valence-corrected chi connectivity index (χ4v) is 6.00. The molecule has 2 heterocycles. The van der Waals surface area contributed by atoms with E-state index in [1.807, 2.05) is 0 Å². The van der Waals surface area contributed by atoms with Gasteiger partial charge < -0.3 is 10.1 Å². The molecule has 1 aliphatic rings. The molecule has 0 spiro atoms. The van der Waals surface area contributed by atoms with Crippen molar-refractivity contribution in [1.29, 1.82) is 0 Å². The van der Waals surface area contributed by atoms with E-state index in [-0.39, 0.29) is 21.8 Å². The van der Waals surface area contributed by atoms with Gasteiger partial charge in [0.25, 0.3) is 5.91 Å². The molecule has 7 nitrogen and oxygen atoms in total. The Morgan fingerprint density at radius 1 is 1.09 bits per heavy atom. The van der Waals surface area contributed by atoms with Gasteiger partial charge in [0.15, 0.2) is 5.11 Å². The van der Waals surface area contributed by atoms with Crippen LogP contribution in [0.15, 0.2) is 0 Å². The Hall–Kier alpha value is -1.97. The van der Waals surface area contributed by atoms with E-state index < -0.39 is 5.91 Å². The molecule has 0 saturated heterocycles. The highest BCUT2D eigenvalue weighted by Crippen LogP contribution is 2.37.